The van der Waals surface area contributed by atoms with Gasteiger partial charge >= 0.3 is 0 Å². The molecule has 4 nitrogen and oxygen atoms in total. The summed E-state index contributed by atoms with van der Waals surface area (Å²) in [6, 6.07) is 0. The van der Waals surface area contributed by atoms with E-state index in [1.165, 1.54) is 25.7 Å². The lowest BCUT2D eigenvalue weighted by atomic mass is 9.73. The predicted molar refractivity (Wildman–Crippen MR) is 90.0 cm³/mol. The van der Waals surface area contributed by atoms with Gasteiger partial charge < -0.3 is 10.1 Å². The van der Waals surface area contributed by atoms with Crippen LogP contribution in [0.5, 0.6) is 0 Å². The molecule has 20 heavy (non-hydrogen) atoms. The minimum absolute atomic E-state index is 0.473. The fraction of sp³-hybridized carbons (Fsp3) is 0.733. The van der Waals surface area contributed by atoms with Crippen LogP contribution >= 0.6 is 22.6 Å². The average molecular weight is 389 g/mol. The molecule has 0 radical (unpaired) electrons. The summed E-state index contributed by atoms with van der Waals surface area (Å²) in [4.78, 5) is 9.48. The van der Waals surface area contributed by atoms with Crippen LogP contribution in [0.4, 0.5) is 5.82 Å². The van der Waals surface area contributed by atoms with Crippen LogP contribution in [0, 0.1) is 8.99 Å². The number of aromatic nitrogens is 2. The Hall–Kier alpha value is -0.430. The standard InChI is InChI=1S/C15H24IN3O/c1-15(2)7-5-10(6-8-15)13-18-11(9-20-4)12(16)14(17-3)19-13/h10H,5-9H2,1-4H3,(H,17,18,19). The topological polar surface area (TPSA) is 47.0 Å². The number of anilines is 1. The van der Waals surface area contributed by atoms with Crippen molar-refractivity contribution in [2.45, 2.75) is 52.1 Å². The first kappa shape index (κ1) is 15.9. The van der Waals surface area contributed by atoms with E-state index in [-0.39, 0.29) is 0 Å². The zero-order valence-corrected chi connectivity index (χ0v) is 15.0. The molecule has 1 aliphatic rings. The molecular weight excluding hydrogens is 365 g/mol. The molecule has 1 aromatic rings. The molecule has 0 unspecified atom stereocenters. The summed E-state index contributed by atoms with van der Waals surface area (Å²) in [6.45, 7) is 5.25. The van der Waals surface area contributed by atoms with Crippen molar-refractivity contribution in [3.8, 4) is 0 Å². The molecule has 0 spiro atoms. The molecule has 1 saturated carbocycles. The van der Waals surface area contributed by atoms with Crippen molar-refractivity contribution in [3.63, 3.8) is 0 Å². The van der Waals surface area contributed by atoms with Crippen molar-refractivity contribution < 1.29 is 4.74 Å². The van der Waals surface area contributed by atoms with E-state index in [0.29, 0.717) is 17.9 Å². The first-order valence-corrected chi connectivity index (χ1v) is 8.27. The molecule has 1 fully saturated rings. The Bertz CT molecular complexity index is 466. The molecule has 1 aromatic heterocycles. The van der Waals surface area contributed by atoms with E-state index in [1.54, 1.807) is 7.11 Å². The number of halogens is 1. The van der Waals surface area contributed by atoms with Gasteiger partial charge in [-0.15, -0.1) is 0 Å². The minimum atomic E-state index is 0.473. The number of methoxy groups -OCH3 is 1. The highest BCUT2D eigenvalue weighted by Gasteiger charge is 2.29. The normalized spacial score (nSPS) is 19.1. The van der Waals surface area contributed by atoms with Crippen molar-refractivity contribution in [2.24, 2.45) is 5.41 Å². The maximum atomic E-state index is 5.26. The van der Waals surface area contributed by atoms with Crippen LogP contribution in [0.1, 0.15) is 57.0 Å². The summed E-state index contributed by atoms with van der Waals surface area (Å²) in [5.74, 6) is 2.40. The molecule has 1 N–H and O–H groups in total. The molecule has 2 rings (SSSR count). The Labute approximate surface area is 135 Å². The first-order chi connectivity index (χ1) is 9.46. The molecule has 112 valence electrons. The van der Waals surface area contributed by atoms with Gasteiger partial charge in [0.15, 0.2) is 0 Å². The van der Waals surface area contributed by atoms with Crippen molar-refractivity contribution in [1.29, 1.82) is 0 Å². The monoisotopic (exact) mass is 389 g/mol. The van der Waals surface area contributed by atoms with Gasteiger partial charge in [0.05, 0.1) is 15.9 Å². The highest BCUT2D eigenvalue weighted by atomic mass is 127. The number of nitrogens with one attached hydrogen (secondary N) is 1. The van der Waals surface area contributed by atoms with E-state index < -0.39 is 0 Å². The fourth-order valence-electron chi connectivity index (χ4n) is 2.75. The number of ether oxygens (including phenoxy) is 1. The van der Waals surface area contributed by atoms with Crippen LogP contribution in [0.25, 0.3) is 0 Å². The number of hydrogen-bond acceptors (Lipinski definition) is 4. The van der Waals surface area contributed by atoms with E-state index in [2.05, 4.69) is 41.8 Å². The second-order valence-electron chi connectivity index (χ2n) is 6.31. The van der Waals surface area contributed by atoms with Crippen molar-refractivity contribution in [2.75, 3.05) is 19.5 Å². The SMILES string of the molecule is CNc1nc(C2CCC(C)(C)CC2)nc(COC)c1I. The van der Waals surface area contributed by atoms with E-state index in [0.717, 1.165) is 20.9 Å². The van der Waals surface area contributed by atoms with Gasteiger partial charge in [0.25, 0.3) is 0 Å². The van der Waals surface area contributed by atoms with Crippen LogP contribution in [-0.4, -0.2) is 24.1 Å². The van der Waals surface area contributed by atoms with Gasteiger partial charge in [0.1, 0.15) is 11.6 Å². The molecule has 1 heterocycles. The summed E-state index contributed by atoms with van der Waals surface area (Å²) in [7, 11) is 3.62. The summed E-state index contributed by atoms with van der Waals surface area (Å²) in [5.41, 5.74) is 1.47. The van der Waals surface area contributed by atoms with E-state index in [9.17, 15) is 0 Å². The third-order valence-corrected chi connectivity index (χ3v) is 5.29. The maximum Gasteiger partial charge on any atom is 0.143 e. The third kappa shape index (κ3) is 3.61. The second-order valence-corrected chi connectivity index (χ2v) is 7.39. The highest BCUT2D eigenvalue weighted by Crippen LogP contribution is 2.41. The minimum Gasteiger partial charge on any atom is -0.378 e. The summed E-state index contributed by atoms with van der Waals surface area (Å²) < 4.78 is 6.32. The Morgan fingerprint density at radius 3 is 2.50 bits per heavy atom. The first-order valence-electron chi connectivity index (χ1n) is 7.20. The summed E-state index contributed by atoms with van der Waals surface area (Å²) in [5, 5.41) is 3.18. The largest absolute Gasteiger partial charge is 0.378 e. The summed E-state index contributed by atoms with van der Waals surface area (Å²) >= 11 is 2.29. The predicted octanol–water partition coefficient (Wildman–Crippen LogP) is 3.95. The molecule has 1 aliphatic carbocycles. The Morgan fingerprint density at radius 1 is 1.30 bits per heavy atom. The van der Waals surface area contributed by atoms with Crippen LogP contribution < -0.4 is 5.32 Å². The van der Waals surface area contributed by atoms with E-state index in [1.807, 2.05) is 7.05 Å². The molecular formula is C15H24IN3O. The van der Waals surface area contributed by atoms with Crippen LogP contribution in [0.3, 0.4) is 0 Å². The fourth-order valence-corrected chi connectivity index (χ4v) is 3.42. The van der Waals surface area contributed by atoms with Gasteiger partial charge in [-0.2, -0.15) is 0 Å². The van der Waals surface area contributed by atoms with Crippen molar-refractivity contribution >= 4 is 28.4 Å². The third-order valence-electron chi connectivity index (χ3n) is 4.16. The Morgan fingerprint density at radius 2 is 1.95 bits per heavy atom. The van der Waals surface area contributed by atoms with Crippen LogP contribution in [0.2, 0.25) is 0 Å². The second kappa shape index (κ2) is 6.56. The smallest absolute Gasteiger partial charge is 0.143 e. The van der Waals surface area contributed by atoms with Crippen molar-refractivity contribution in [1.82, 2.24) is 9.97 Å². The Kier molecular flexibility index (Phi) is 5.23. The molecule has 5 heteroatoms. The van der Waals surface area contributed by atoms with Crippen LogP contribution in [0.15, 0.2) is 0 Å². The lowest BCUT2D eigenvalue weighted by Crippen LogP contribution is -2.22. The van der Waals surface area contributed by atoms with Gasteiger partial charge in [0, 0.05) is 20.1 Å². The number of hydrogen-bond donors (Lipinski definition) is 1. The van der Waals surface area contributed by atoms with Gasteiger partial charge in [-0.3, -0.25) is 0 Å². The van der Waals surface area contributed by atoms with Gasteiger partial charge in [-0.05, 0) is 53.7 Å². The zero-order chi connectivity index (χ0) is 14.8. The molecule has 0 bridgehead atoms. The molecule has 0 saturated heterocycles. The average Bonchev–Trinajstić information content (AvgIpc) is 2.41. The quantitative estimate of drug-likeness (QED) is 0.793. The summed E-state index contributed by atoms with van der Waals surface area (Å²) in [6.07, 6.45) is 4.87. The zero-order valence-electron chi connectivity index (χ0n) is 12.8. The lowest BCUT2D eigenvalue weighted by molar-refractivity contribution is 0.179. The number of rotatable bonds is 4. The van der Waals surface area contributed by atoms with E-state index >= 15 is 0 Å². The highest BCUT2D eigenvalue weighted by molar-refractivity contribution is 14.1. The Balaban J connectivity index is 2.25. The molecule has 0 aromatic carbocycles. The lowest BCUT2D eigenvalue weighted by Gasteiger charge is -2.33. The van der Waals surface area contributed by atoms with Crippen LogP contribution in [-0.2, 0) is 11.3 Å². The molecule has 0 amide bonds. The van der Waals surface area contributed by atoms with Gasteiger partial charge in [0.2, 0.25) is 0 Å². The molecule has 0 aliphatic heterocycles. The van der Waals surface area contributed by atoms with Gasteiger partial charge in [-0.25, -0.2) is 9.97 Å². The number of nitrogens with zero attached hydrogens (tertiary/aromatic N) is 2. The van der Waals surface area contributed by atoms with E-state index in [4.69, 9.17) is 14.7 Å². The molecule has 0 atom stereocenters. The van der Waals surface area contributed by atoms with Gasteiger partial charge in [-0.1, -0.05) is 13.8 Å². The maximum absolute atomic E-state index is 5.26. The van der Waals surface area contributed by atoms with Crippen molar-refractivity contribution in [3.05, 3.63) is 15.1 Å².